The highest BCUT2D eigenvalue weighted by Gasteiger charge is 2.13. The van der Waals surface area contributed by atoms with Crippen LogP contribution in [0.4, 0.5) is 8.78 Å². The van der Waals surface area contributed by atoms with Crippen LogP contribution in [-0.2, 0) is 0 Å². The topological polar surface area (TPSA) is 0 Å². The SMILES string of the molecule is Cc1ccc(-c2ccc(-c3ccc(-c4ccc(C)c(C)c4)cc3F)c(F)c2)cc1. The first kappa shape index (κ1) is 19.1. The Morgan fingerprint density at radius 2 is 0.897 bits per heavy atom. The van der Waals surface area contributed by atoms with E-state index in [1.165, 1.54) is 17.7 Å². The molecule has 0 aromatic heterocycles. The summed E-state index contributed by atoms with van der Waals surface area (Å²) in [5.41, 5.74) is 7.49. The van der Waals surface area contributed by atoms with Crippen LogP contribution in [0.25, 0.3) is 33.4 Å². The van der Waals surface area contributed by atoms with E-state index in [1.807, 2.05) is 75.4 Å². The second-order valence-corrected chi connectivity index (χ2v) is 7.55. The molecule has 4 rings (SSSR count). The molecular formula is C27H22F2. The average molecular weight is 384 g/mol. The summed E-state index contributed by atoms with van der Waals surface area (Å²) >= 11 is 0. The lowest BCUT2D eigenvalue weighted by Crippen LogP contribution is -1.91. The van der Waals surface area contributed by atoms with Crippen molar-refractivity contribution in [2.24, 2.45) is 0 Å². The number of benzene rings is 4. The first-order valence-electron chi connectivity index (χ1n) is 9.66. The van der Waals surface area contributed by atoms with Gasteiger partial charge >= 0.3 is 0 Å². The molecule has 0 N–H and O–H groups in total. The maximum Gasteiger partial charge on any atom is 0.131 e. The van der Waals surface area contributed by atoms with Crippen LogP contribution in [0.1, 0.15) is 16.7 Å². The van der Waals surface area contributed by atoms with E-state index >= 15 is 0 Å². The molecule has 0 spiro atoms. The predicted octanol–water partition coefficient (Wildman–Crippen LogP) is 7.89. The van der Waals surface area contributed by atoms with E-state index in [9.17, 15) is 8.78 Å². The van der Waals surface area contributed by atoms with E-state index in [-0.39, 0.29) is 11.1 Å². The third-order valence-corrected chi connectivity index (χ3v) is 5.45. The number of rotatable bonds is 3. The van der Waals surface area contributed by atoms with Crippen molar-refractivity contribution in [3.05, 3.63) is 107 Å². The summed E-state index contributed by atoms with van der Waals surface area (Å²) in [7, 11) is 0. The van der Waals surface area contributed by atoms with Gasteiger partial charge in [0, 0.05) is 11.1 Å². The maximum absolute atomic E-state index is 14.9. The summed E-state index contributed by atoms with van der Waals surface area (Å²) in [6.07, 6.45) is 0. The van der Waals surface area contributed by atoms with E-state index < -0.39 is 11.6 Å². The van der Waals surface area contributed by atoms with Gasteiger partial charge in [-0.1, -0.05) is 72.3 Å². The minimum atomic E-state index is -0.430. The fraction of sp³-hybridized carbons (Fsp3) is 0.111. The molecule has 0 bridgehead atoms. The van der Waals surface area contributed by atoms with Crippen molar-refractivity contribution in [3.63, 3.8) is 0 Å². The summed E-state index contributed by atoms with van der Waals surface area (Å²) < 4.78 is 29.7. The van der Waals surface area contributed by atoms with Gasteiger partial charge in [-0.15, -0.1) is 0 Å². The van der Waals surface area contributed by atoms with Gasteiger partial charge < -0.3 is 0 Å². The van der Waals surface area contributed by atoms with Gasteiger partial charge in [-0.05, 0) is 66.3 Å². The van der Waals surface area contributed by atoms with Crippen molar-refractivity contribution in [2.75, 3.05) is 0 Å². The summed E-state index contributed by atoms with van der Waals surface area (Å²) in [5, 5.41) is 0. The molecule has 0 aliphatic heterocycles. The lowest BCUT2D eigenvalue weighted by Gasteiger charge is -2.11. The van der Waals surface area contributed by atoms with Crippen molar-refractivity contribution in [3.8, 4) is 33.4 Å². The zero-order valence-electron chi connectivity index (χ0n) is 16.8. The summed E-state index contributed by atoms with van der Waals surface area (Å²) in [5.74, 6) is -0.858. The molecule has 0 heterocycles. The van der Waals surface area contributed by atoms with Crippen molar-refractivity contribution >= 4 is 0 Å². The van der Waals surface area contributed by atoms with Crippen molar-refractivity contribution in [1.82, 2.24) is 0 Å². The molecule has 0 fully saturated rings. The lowest BCUT2D eigenvalue weighted by molar-refractivity contribution is 0.617. The molecule has 2 heteroatoms. The van der Waals surface area contributed by atoms with Crippen LogP contribution in [0.3, 0.4) is 0 Å². The Kier molecular flexibility index (Phi) is 5.02. The van der Waals surface area contributed by atoms with Gasteiger partial charge in [0.2, 0.25) is 0 Å². The van der Waals surface area contributed by atoms with Crippen LogP contribution in [0.2, 0.25) is 0 Å². The van der Waals surface area contributed by atoms with Crippen molar-refractivity contribution < 1.29 is 8.78 Å². The van der Waals surface area contributed by atoms with E-state index in [2.05, 4.69) is 0 Å². The third-order valence-electron chi connectivity index (χ3n) is 5.45. The van der Waals surface area contributed by atoms with Gasteiger partial charge in [0.1, 0.15) is 11.6 Å². The van der Waals surface area contributed by atoms with Crippen molar-refractivity contribution in [2.45, 2.75) is 20.8 Å². The highest BCUT2D eigenvalue weighted by Crippen LogP contribution is 2.32. The minimum Gasteiger partial charge on any atom is -0.206 e. The molecule has 0 amide bonds. The Balaban J connectivity index is 1.69. The predicted molar refractivity (Wildman–Crippen MR) is 117 cm³/mol. The number of aryl methyl sites for hydroxylation is 3. The van der Waals surface area contributed by atoms with Crippen LogP contribution in [0.5, 0.6) is 0 Å². The smallest absolute Gasteiger partial charge is 0.131 e. The van der Waals surface area contributed by atoms with Gasteiger partial charge in [-0.2, -0.15) is 0 Å². The molecule has 4 aromatic rings. The van der Waals surface area contributed by atoms with Crippen LogP contribution in [0, 0.1) is 32.4 Å². The molecule has 29 heavy (non-hydrogen) atoms. The molecule has 0 aliphatic rings. The van der Waals surface area contributed by atoms with Gasteiger partial charge in [0.15, 0.2) is 0 Å². The fourth-order valence-corrected chi connectivity index (χ4v) is 3.49. The molecule has 4 aromatic carbocycles. The van der Waals surface area contributed by atoms with E-state index in [0.717, 1.165) is 33.4 Å². The third kappa shape index (κ3) is 3.84. The van der Waals surface area contributed by atoms with Crippen LogP contribution < -0.4 is 0 Å². The molecule has 0 saturated heterocycles. The molecule has 0 unspecified atom stereocenters. The minimum absolute atomic E-state index is 0.269. The van der Waals surface area contributed by atoms with Gasteiger partial charge in [-0.3, -0.25) is 0 Å². The quantitative estimate of drug-likeness (QED) is 0.337. The van der Waals surface area contributed by atoms with Crippen LogP contribution in [-0.4, -0.2) is 0 Å². The zero-order chi connectivity index (χ0) is 20.5. The number of halogens is 2. The van der Waals surface area contributed by atoms with Crippen molar-refractivity contribution in [1.29, 1.82) is 0 Å². The molecular weight excluding hydrogens is 362 g/mol. The molecule has 0 atom stereocenters. The number of hydrogen-bond donors (Lipinski definition) is 0. The van der Waals surface area contributed by atoms with Crippen LogP contribution >= 0.6 is 0 Å². The average Bonchev–Trinajstić information content (AvgIpc) is 2.71. The largest absolute Gasteiger partial charge is 0.206 e. The second-order valence-electron chi connectivity index (χ2n) is 7.55. The molecule has 0 aliphatic carbocycles. The molecule has 0 nitrogen and oxygen atoms in total. The van der Waals surface area contributed by atoms with E-state index in [4.69, 9.17) is 0 Å². The normalized spacial score (nSPS) is 10.9. The fourth-order valence-electron chi connectivity index (χ4n) is 3.49. The molecule has 0 saturated carbocycles. The Morgan fingerprint density at radius 1 is 0.448 bits per heavy atom. The first-order chi connectivity index (χ1) is 13.9. The van der Waals surface area contributed by atoms with Gasteiger partial charge in [0.05, 0.1) is 0 Å². The maximum atomic E-state index is 14.9. The van der Waals surface area contributed by atoms with E-state index in [0.29, 0.717) is 0 Å². The monoisotopic (exact) mass is 384 g/mol. The van der Waals surface area contributed by atoms with Crippen LogP contribution in [0.15, 0.2) is 78.9 Å². The summed E-state index contributed by atoms with van der Waals surface area (Å²) in [6.45, 7) is 6.10. The molecule has 144 valence electrons. The van der Waals surface area contributed by atoms with E-state index in [1.54, 1.807) is 12.1 Å². The van der Waals surface area contributed by atoms with Gasteiger partial charge in [0.25, 0.3) is 0 Å². The van der Waals surface area contributed by atoms with Gasteiger partial charge in [-0.25, -0.2) is 8.78 Å². The summed E-state index contributed by atoms with van der Waals surface area (Å²) in [4.78, 5) is 0. The Hall–Kier alpha value is -3.26. The highest BCUT2D eigenvalue weighted by atomic mass is 19.1. The Labute approximate surface area is 170 Å². The molecule has 0 radical (unpaired) electrons. The highest BCUT2D eigenvalue weighted by molar-refractivity contribution is 5.74. The zero-order valence-corrected chi connectivity index (χ0v) is 16.8. The Bertz CT molecular complexity index is 1190. The second kappa shape index (κ2) is 7.63. The first-order valence-corrected chi connectivity index (χ1v) is 9.66. The lowest BCUT2D eigenvalue weighted by atomic mass is 9.95. The summed E-state index contributed by atoms with van der Waals surface area (Å²) in [6, 6.07) is 23.9. The Morgan fingerprint density at radius 3 is 1.41 bits per heavy atom. The number of hydrogen-bond acceptors (Lipinski definition) is 0. The standard InChI is InChI=1S/C27H22F2/c1-17-4-7-20(8-5-17)22-10-12-24(26(28)15-22)25-13-11-23(16-27(25)29)21-9-6-18(2)19(3)14-21/h4-16H,1-3H3.